The van der Waals surface area contributed by atoms with Crippen LogP contribution in [0.2, 0.25) is 0 Å². The molecule has 2 N–H and O–H groups in total. The zero-order valence-electron chi connectivity index (χ0n) is 15.7. The fraction of sp³-hybridized carbons (Fsp3) is 0.550. The summed E-state index contributed by atoms with van der Waals surface area (Å²) in [7, 11) is 0. The van der Waals surface area contributed by atoms with Gasteiger partial charge in [-0.25, -0.2) is 0 Å². The number of piperidine rings is 1. The number of rotatable bonds is 7. The monoisotopic (exact) mass is 359 g/mol. The first-order valence-electron chi connectivity index (χ1n) is 9.52. The fourth-order valence-electron chi connectivity index (χ4n) is 3.13. The van der Waals surface area contributed by atoms with Crippen molar-refractivity contribution in [2.75, 3.05) is 23.7 Å². The van der Waals surface area contributed by atoms with E-state index in [0.29, 0.717) is 50.1 Å². The van der Waals surface area contributed by atoms with Gasteiger partial charge in [-0.3, -0.25) is 14.4 Å². The number of hydrogen-bond acceptors (Lipinski definition) is 3. The molecule has 3 amide bonds. The van der Waals surface area contributed by atoms with Crippen molar-refractivity contribution in [3.8, 4) is 0 Å². The van der Waals surface area contributed by atoms with Gasteiger partial charge in [-0.05, 0) is 43.9 Å². The van der Waals surface area contributed by atoms with Gasteiger partial charge in [-0.1, -0.05) is 19.9 Å². The average molecular weight is 359 g/mol. The first kappa shape index (κ1) is 19.9. The number of amides is 3. The molecule has 1 aliphatic heterocycles. The van der Waals surface area contributed by atoms with E-state index in [9.17, 15) is 14.4 Å². The molecule has 1 aromatic carbocycles. The smallest absolute Gasteiger partial charge is 0.227 e. The summed E-state index contributed by atoms with van der Waals surface area (Å²) in [6, 6.07) is 7.20. The third-order valence-corrected chi connectivity index (χ3v) is 4.57. The van der Waals surface area contributed by atoms with Gasteiger partial charge in [0.05, 0.1) is 0 Å². The largest absolute Gasteiger partial charge is 0.343 e. The van der Waals surface area contributed by atoms with Crippen LogP contribution in [0.25, 0.3) is 0 Å². The molecule has 1 aliphatic rings. The minimum absolute atomic E-state index is 0.0235. The maximum Gasteiger partial charge on any atom is 0.227 e. The number of nitrogens with zero attached hydrogens (tertiary/aromatic N) is 1. The minimum Gasteiger partial charge on any atom is -0.343 e. The summed E-state index contributed by atoms with van der Waals surface area (Å²) >= 11 is 0. The van der Waals surface area contributed by atoms with Crippen molar-refractivity contribution >= 4 is 29.1 Å². The van der Waals surface area contributed by atoms with Crippen LogP contribution >= 0.6 is 0 Å². The molecule has 6 heteroatoms. The van der Waals surface area contributed by atoms with E-state index in [1.165, 1.54) is 0 Å². The minimum atomic E-state index is -0.0842. The molecule has 0 bridgehead atoms. The van der Waals surface area contributed by atoms with Crippen LogP contribution in [0.3, 0.4) is 0 Å². The maximum absolute atomic E-state index is 12.5. The van der Waals surface area contributed by atoms with Crippen LogP contribution in [0.5, 0.6) is 0 Å². The van der Waals surface area contributed by atoms with E-state index in [0.717, 1.165) is 12.8 Å². The molecule has 0 atom stereocenters. The maximum atomic E-state index is 12.5. The molecule has 1 aromatic rings. The Labute approximate surface area is 155 Å². The lowest BCUT2D eigenvalue weighted by atomic mass is 9.95. The molecule has 0 aliphatic carbocycles. The highest BCUT2D eigenvalue weighted by atomic mass is 16.2. The Kier molecular flexibility index (Phi) is 7.63. The molecule has 26 heavy (non-hydrogen) atoms. The lowest BCUT2D eigenvalue weighted by Crippen LogP contribution is -2.41. The molecule has 1 saturated heterocycles. The molecule has 6 nitrogen and oxygen atoms in total. The lowest BCUT2D eigenvalue weighted by molar-refractivity contribution is -0.134. The van der Waals surface area contributed by atoms with Gasteiger partial charge in [0.2, 0.25) is 17.7 Å². The first-order valence-corrected chi connectivity index (χ1v) is 9.52. The van der Waals surface area contributed by atoms with Gasteiger partial charge in [0.1, 0.15) is 0 Å². The Hall–Kier alpha value is -2.37. The molecule has 0 radical (unpaired) electrons. The van der Waals surface area contributed by atoms with Crippen molar-refractivity contribution in [2.45, 2.75) is 52.4 Å². The Bertz CT molecular complexity index is 637. The SMILES string of the molecule is CCCC(=O)Nc1cccc(NC(=O)C2CCN(C(=O)CCC)CC2)c1. The van der Waals surface area contributed by atoms with Crippen LogP contribution in [-0.2, 0) is 14.4 Å². The Morgan fingerprint density at radius 1 is 1.00 bits per heavy atom. The summed E-state index contributed by atoms with van der Waals surface area (Å²) in [5.74, 6) is 0.0469. The zero-order chi connectivity index (χ0) is 18.9. The molecule has 0 spiro atoms. The number of likely N-dealkylation sites (tertiary alicyclic amines) is 1. The van der Waals surface area contributed by atoms with Gasteiger partial charge in [0, 0.05) is 43.2 Å². The lowest BCUT2D eigenvalue weighted by Gasteiger charge is -2.31. The van der Waals surface area contributed by atoms with Gasteiger partial charge < -0.3 is 15.5 Å². The number of carbonyl (C=O) groups is 3. The van der Waals surface area contributed by atoms with Crippen LogP contribution in [0.1, 0.15) is 52.4 Å². The predicted molar refractivity (Wildman–Crippen MR) is 103 cm³/mol. The number of benzene rings is 1. The van der Waals surface area contributed by atoms with Gasteiger partial charge in [0.25, 0.3) is 0 Å². The molecule has 142 valence electrons. The van der Waals surface area contributed by atoms with Gasteiger partial charge in [-0.2, -0.15) is 0 Å². The number of hydrogen-bond donors (Lipinski definition) is 2. The third-order valence-electron chi connectivity index (χ3n) is 4.57. The van der Waals surface area contributed by atoms with E-state index in [4.69, 9.17) is 0 Å². The summed E-state index contributed by atoms with van der Waals surface area (Å²) in [6.45, 7) is 5.24. The van der Waals surface area contributed by atoms with E-state index >= 15 is 0 Å². The molecule has 2 rings (SSSR count). The summed E-state index contributed by atoms with van der Waals surface area (Å²) < 4.78 is 0. The van der Waals surface area contributed by atoms with Crippen molar-refractivity contribution < 1.29 is 14.4 Å². The van der Waals surface area contributed by atoms with E-state index in [1.54, 1.807) is 12.1 Å². The highest BCUT2D eigenvalue weighted by Gasteiger charge is 2.27. The summed E-state index contributed by atoms with van der Waals surface area (Å²) in [6.07, 6.45) is 4.08. The quantitative estimate of drug-likeness (QED) is 0.783. The van der Waals surface area contributed by atoms with Crippen molar-refractivity contribution in [2.24, 2.45) is 5.92 Å². The topological polar surface area (TPSA) is 78.5 Å². The Balaban J connectivity index is 1.86. The van der Waals surface area contributed by atoms with Crippen molar-refractivity contribution in [3.63, 3.8) is 0 Å². The standard InChI is InChI=1S/C20H29N3O3/c1-3-6-18(24)21-16-8-5-9-17(14-16)22-20(26)15-10-12-23(13-11-15)19(25)7-4-2/h5,8-9,14-15H,3-4,6-7,10-13H2,1-2H3,(H,21,24)(H,22,26). The molecule has 0 unspecified atom stereocenters. The van der Waals surface area contributed by atoms with Crippen LogP contribution < -0.4 is 10.6 Å². The molecular formula is C20H29N3O3. The van der Waals surface area contributed by atoms with E-state index < -0.39 is 0 Å². The van der Waals surface area contributed by atoms with Gasteiger partial charge >= 0.3 is 0 Å². The average Bonchev–Trinajstić information content (AvgIpc) is 2.62. The number of nitrogens with one attached hydrogen (secondary N) is 2. The van der Waals surface area contributed by atoms with Gasteiger partial charge in [-0.15, -0.1) is 0 Å². The molecule has 0 aromatic heterocycles. The second-order valence-corrected chi connectivity index (χ2v) is 6.77. The Morgan fingerprint density at radius 2 is 1.62 bits per heavy atom. The van der Waals surface area contributed by atoms with E-state index in [-0.39, 0.29) is 23.6 Å². The Morgan fingerprint density at radius 3 is 2.23 bits per heavy atom. The highest BCUT2D eigenvalue weighted by Crippen LogP contribution is 2.22. The van der Waals surface area contributed by atoms with Gasteiger partial charge in [0.15, 0.2) is 0 Å². The normalized spacial score (nSPS) is 14.8. The van der Waals surface area contributed by atoms with Crippen LogP contribution in [0.15, 0.2) is 24.3 Å². The molecule has 0 saturated carbocycles. The first-order chi connectivity index (χ1) is 12.5. The number of carbonyl (C=O) groups excluding carboxylic acids is 3. The zero-order valence-corrected chi connectivity index (χ0v) is 15.7. The van der Waals surface area contributed by atoms with E-state index in [1.807, 2.05) is 30.9 Å². The second kappa shape index (κ2) is 9.94. The van der Waals surface area contributed by atoms with Crippen molar-refractivity contribution in [3.05, 3.63) is 24.3 Å². The molecule has 1 fully saturated rings. The van der Waals surface area contributed by atoms with Crippen LogP contribution in [0.4, 0.5) is 11.4 Å². The van der Waals surface area contributed by atoms with Crippen molar-refractivity contribution in [1.29, 1.82) is 0 Å². The van der Waals surface area contributed by atoms with Crippen LogP contribution in [0, 0.1) is 5.92 Å². The molecular weight excluding hydrogens is 330 g/mol. The number of anilines is 2. The predicted octanol–water partition coefficient (Wildman–Crippen LogP) is 3.40. The molecule has 1 heterocycles. The summed E-state index contributed by atoms with van der Waals surface area (Å²) in [4.78, 5) is 38.0. The highest BCUT2D eigenvalue weighted by molar-refractivity contribution is 5.95. The van der Waals surface area contributed by atoms with E-state index in [2.05, 4.69) is 10.6 Å². The third kappa shape index (κ3) is 5.86. The fourth-order valence-corrected chi connectivity index (χ4v) is 3.13. The van der Waals surface area contributed by atoms with Crippen molar-refractivity contribution in [1.82, 2.24) is 4.90 Å². The summed E-state index contributed by atoms with van der Waals surface area (Å²) in [5, 5.41) is 5.76. The summed E-state index contributed by atoms with van der Waals surface area (Å²) in [5.41, 5.74) is 1.36. The van der Waals surface area contributed by atoms with Crippen LogP contribution in [-0.4, -0.2) is 35.7 Å². The second-order valence-electron chi connectivity index (χ2n) is 6.77.